The van der Waals surface area contributed by atoms with Crippen LogP contribution in [0.15, 0.2) is 65.8 Å². The van der Waals surface area contributed by atoms with Crippen LogP contribution in [0.3, 0.4) is 0 Å². The maximum atomic E-state index is 12.9. The molecule has 34 heavy (non-hydrogen) atoms. The van der Waals surface area contributed by atoms with Crippen LogP contribution in [-0.2, 0) is 10.0 Å². The lowest BCUT2D eigenvalue weighted by molar-refractivity contribution is 0.392. The molecule has 0 atom stereocenters. The van der Waals surface area contributed by atoms with Gasteiger partial charge in [-0.05, 0) is 56.3 Å². The number of benzene rings is 2. The molecule has 0 aliphatic heterocycles. The van der Waals surface area contributed by atoms with Crippen molar-refractivity contribution in [1.82, 2.24) is 19.7 Å². The van der Waals surface area contributed by atoms with E-state index in [1.807, 2.05) is 19.9 Å². The lowest BCUT2D eigenvalue weighted by Crippen LogP contribution is -2.14. The van der Waals surface area contributed by atoms with Gasteiger partial charge < -0.3 is 14.2 Å². The van der Waals surface area contributed by atoms with Crippen LogP contribution in [0.25, 0.3) is 5.82 Å². The van der Waals surface area contributed by atoms with Gasteiger partial charge in [0.2, 0.25) is 5.88 Å². The number of hydrogen-bond donors (Lipinski definition) is 1. The van der Waals surface area contributed by atoms with Crippen LogP contribution in [-0.4, -0.2) is 42.4 Å². The minimum Gasteiger partial charge on any atom is -0.497 e. The van der Waals surface area contributed by atoms with E-state index in [4.69, 9.17) is 14.2 Å². The average Bonchev–Trinajstić information content (AvgIpc) is 3.17. The third kappa shape index (κ3) is 4.94. The van der Waals surface area contributed by atoms with Crippen LogP contribution in [0.2, 0.25) is 0 Å². The van der Waals surface area contributed by atoms with Crippen LogP contribution in [0.4, 0.5) is 5.69 Å². The molecular formula is C23H23N5O5S. The van der Waals surface area contributed by atoms with Gasteiger partial charge in [0.05, 0.1) is 19.9 Å². The molecule has 2 aromatic heterocycles. The predicted octanol–water partition coefficient (Wildman–Crippen LogP) is 3.89. The van der Waals surface area contributed by atoms with Crippen LogP contribution in [0.5, 0.6) is 23.1 Å². The zero-order chi connectivity index (χ0) is 24.3. The zero-order valence-corrected chi connectivity index (χ0v) is 19.8. The Labute approximate surface area is 197 Å². The number of rotatable bonds is 8. The molecule has 2 aromatic carbocycles. The monoisotopic (exact) mass is 481 g/mol. The molecule has 11 heteroatoms. The number of aryl methyl sites for hydroxylation is 2. The van der Waals surface area contributed by atoms with E-state index in [0.717, 1.165) is 11.4 Å². The minimum absolute atomic E-state index is 0.0349. The molecular weight excluding hydrogens is 458 g/mol. The molecule has 4 aromatic rings. The van der Waals surface area contributed by atoms with Gasteiger partial charge in [0.25, 0.3) is 10.0 Å². The first-order chi connectivity index (χ1) is 16.3. The Balaban J connectivity index is 1.51. The second-order valence-electron chi connectivity index (χ2n) is 7.30. The summed E-state index contributed by atoms with van der Waals surface area (Å²) in [5.41, 5.74) is 2.16. The fourth-order valence-electron chi connectivity index (χ4n) is 3.28. The van der Waals surface area contributed by atoms with Gasteiger partial charge in [-0.2, -0.15) is 5.10 Å². The Bertz CT molecular complexity index is 1420. The number of nitrogens with zero attached hydrogens (tertiary/aromatic N) is 4. The third-order valence-electron chi connectivity index (χ3n) is 4.84. The molecule has 0 bridgehead atoms. The van der Waals surface area contributed by atoms with Crippen molar-refractivity contribution in [1.29, 1.82) is 0 Å². The molecule has 0 unspecified atom stereocenters. The smallest absolute Gasteiger partial charge is 0.265 e. The molecule has 176 valence electrons. The molecule has 0 fully saturated rings. The first kappa shape index (κ1) is 23.1. The van der Waals surface area contributed by atoms with Gasteiger partial charge in [-0.1, -0.05) is 0 Å². The van der Waals surface area contributed by atoms with E-state index < -0.39 is 10.0 Å². The molecule has 0 amide bonds. The van der Waals surface area contributed by atoms with E-state index in [0.29, 0.717) is 28.9 Å². The fraction of sp³-hybridized carbons (Fsp3) is 0.174. The topological polar surface area (TPSA) is 117 Å². The van der Waals surface area contributed by atoms with Crippen molar-refractivity contribution in [3.8, 4) is 28.9 Å². The highest BCUT2D eigenvalue weighted by molar-refractivity contribution is 7.92. The molecule has 0 aliphatic carbocycles. The van der Waals surface area contributed by atoms with Gasteiger partial charge in [0, 0.05) is 23.5 Å². The Morgan fingerprint density at radius 1 is 0.882 bits per heavy atom. The summed E-state index contributed by atoms with van der Waals surface area (Å²) >= 11 is 0. The minimum atomic E-state index is -3.92. The molecule has 10 nitrogen and oxygen atoms in total. The van der Waals surface area contributed by atoms with Gasteiger partial charge in [0.15, 0.2) is 5.82 Å². The van der Waals surface area contributed by atoms with Crippen LogP contribution in [0.1, 0.15) is 11.4 Å². The van der Waals surface area contributed by atoms with Gasteiger partial charge >= 0.3 is 0 Å². The summed E-state index contributed by atoms with van der Waals surface area (Å²) in [6.45, 7) is 3.84. The summed E-state index contributed by atoms with van der Waals surface area (Å²) in [5.74, 6) is 1.98. The largest absolute Gasteiger partial charge is 0.497 e. The Morgan fingerprint density at radius 2 is 1.62 bits per heavy atom. The molecule has 0 radical (unpaired) electrons. The normalized spacial score (nSPS) is 11.2. The van der Waals surface area contributed by atoms with Crippen molar-refractivity contribution < 1.29 is 22.6 Å². The fourth-order valence-corrected chi connectivity index (χ4v) is 4.52. The maximum Gasteiger partial charge on any atom is 0.265 e. The molecule has 4 rings (SSSR count). The van der Waals surface area contributed by atoms with E-state index in [1.54, 1.807) is 41.1 Å². The molecule has 0 spiro atoms. The Hall–Kier alpha value is -4.12. The summed E-state index contributed by atoms with van der Waals surface area (Å²) in [4.78, 5) is 8.36. The highest BCUT2D eigenvalue weighted by Gasteiger charge is 2.21. The summed E-state index contributed by atoms with van der Waals surface area (Å²) in [6.07, 6.45) is 1.39. The summed E-state index contributed by atoms with van der Waals surface area (Å²) < 4.78 is 46.2. The van der Waals surface area contributed by atoms with E-state index in [1.165, 1.54) is 32.7 Å². The van der Waals surface area contributed by atoms with Crippen molar-refractivity contribution in [3.05, 3.63) is 72.3 Å². The number of anilines is 1. The van der Waals surface area contributed by atoms with Crippen molar-refractivity contribution in [2.45, 2.75) is 18.7 Å². The van der Waals surface area contributed by atoms with Gasteiger partial charge in [0.1, 0.15) is 28.5 Å². The lowest BCUT2D eigenvalue weighted by Gasteiger charge is -2.13. The first-order valence-corrected chi connectivity index (χ1v) is 11.7. The van der Waals surface area contributed by atoms with Gasteiger partial charge in [-0.3, -0.25) is 4.72 Å². The predicted molar refractivity (Wildman–Crippen MR) is 125 cm³/mol. The Morgan fingerprint density at radius 3 is 2.26 bits per heavy atom. The second kappa shape index (κ2) is 9.40. The SMILES string of the molecule is COc1ccc(OC)c(S(=O)(=O)Nc2ccc(Oc3cc(-n4nc(C)cc4C)ncn3)cc2)c1. The standard InChI is InChI=1S/C23H23N5O5S/c1-15-11-16(2)28(26-15)22-13-23(25-14-24-22)33-18-7-5-17(6-8-18)27-34(29,30)21-12-19(31-3)9-10-20(21)32-4/h5-14,27H,1-4H3. The zero-order valence-electron chi connectivity index (χ0n) is 19.0. The highest BCUT2D eigenvalue weighted by atomic mass is 32.2. The highest BCUT2D eigenvalue weighted by Crippen LogP contribution is 2.30. The third-order valence-corrected chi connectivity index (χ3v) is 6.25. The van der Waals surface area contributed by atoms with E-state index in [-0.39, 0.29) is 10.6 Å². The van der Waals surface area contributed by atoms with Crippen molar-refractivity contribution >= 4 is 15.7 Å². The lowest BCUT2D eigenvalue weighted by atomic mass is 10.3. The number of methoxy groups -OCH3 is 2. The molecule has 0 saturated heterocycles. The van der Waals surface area contributed by atoms with Gasteiger partial charge in [-0.25, -0.2) is 23.1 Å². The molecule has 2 heterocycles. The van der Waals surface area contributed by atoms with Crippen LogP contribution < -0.4 is 18.9 Å². The number of sulfonamides is 1. The molecule has 0 aliphatic rings. The second-order valence-corrected chi connectivity index (χ2v) is 8.95. The quantitative estimate of drug-likeness (QED) is 0.403. The molecule has 1 N–H and O–H groups in total. The molecule has 0 saturated carbocycles. The van der Waals surface area contributed by atoms with E-state index >= 15 is 0 Å². The van der Waals surface area contributed by atoms with Crippen molar-refractivity contribution in [3.63, 3.8) is 0 Å². The Kier molecular flexibility index (Phi) is 6.37. The number of hydrogen-bond acceptors (Lipinski definition) is 8. The van der Waals surface area contributed by atoms with Crippen molar-refractivity contribution in [2.75, 3.05) is 18.9 Å². The number of aromatic nitrogens is 4. The van der Waals surface area contributed by atoms with Crippen LogP contribution in [0, 0.1) is 13.8 Å². The van der Waals surface area contributed by atoms with E-state index in [9.17, 15) is 8.42 Å². The number of nitrogens with one attached hydrogen (secondary N) is 1. The van der Waals surface area contributed by atoms with Gasteiger partial charge in [-0.15, -0.1) is 0 Å². The van der Waals surface area contributed by atoms with E-state index in [2.05, 4.69) is 19.8 Å². The summed E-state index contributed by atoms with van der Waals surface area (Å²) in [5, 5.41) is 4.41. The summed E-state index contributed by atoms with van der Waals surface area (Å²) in [7, 11) is -1.06. The summed E-state index contributed by atoms with van der Waals surface area (Å²) in [6, 6.07) is 14.6. The first-order valence-electron chi connectivity index (χ1n) is 10.2. The van der Waals surface area contributed by atoms with Crippen molar-refractivity contribution in [2.24, 2.45) is 0 Å². The maximum absolute atomic E-state index is 12.9. The van der Waals surface area contributed by atoms with Crippen LogP contribution >= 0.6 is 0 Å². The average molecular weight is 482 g/mol. The number of ether oxygens (including phenoxy) is 3.